The molecule has 1 saturated carbocycles. The van der Waals surface area contributed by atoms with Crippen LogP contribution in [0.1, 0.15) is 46.0 Å². The van der Waals surface area contributed by atoms with Gasteiger partial charge in [0.05, 0.1) is 0 Å². The van der Waals surface area contributed by atoms with Crippen molar-refractivity contribution in [3.8, 4) is 0 Å². The van der Waals surface area contributed by atoms with Crippen molar-refractivity contribution in [3.63, 3.8) is 0 Å². The molecule has 100 valence electrons. The molecule has 0 N–H and O–H groups in total. The van der Waals surface area contributed by atoms with E-state index in [9.17, 15) is 9.59 Å². The van der Waals surface area contributed by atoms with Crippen LogP contribution in [-0.4, -0.2) is 11.9 Å². The Hall–Kier alpha value is -1.58. The summed E-state index contributed by atoms with van der Waals surface area (Å²) in [5.74, 6) is -0.840. The van der Waals surface area contributed by atoms with Crippen LogP contribution in [0.4, 0.5) is 0 Å². The van der Waals surface area contributed by atoms with Gasteiger partial charge in [0.1, 0.15) is 0 Å². The molecular formula is C14H20O4. The van der Waals surface area contributed by atoms with E-state index in [1.165, 1.54) is 31.4 Å². The molecule has 1 fully saturated rings. The number of rotatable bonds is 3. The largest absolute Gasteiger partial charge is 0.381 e. The minimum atomic E-state index is -0.684. The lowest BCUT2D eigenvalue weighted by Gasteiger charge is -2.18. The third-order valence-electron chi connectivity index (χ3n) is 2.96. The lowest BCUT2D eigenvalue weighted by atomic mass is 9.88. The van der Waals surface area contributed by atoms with Crippen molar-refractivity contribution in [1.82, 2.24) is 0 Å². The van der Waals surface area contributed by atoms with Crippen molar-refractivity contribution in [2.24, 2.45) is 5.92 Å². The average Bonchev–Trinajstić information content (AvgIpc) is 2.37. The predicted molar refractivity (Wildman–Crippen MR) is 67.3 cm³/mol. The third kappa shape index (κ3) is 5.17. The second-order valence-electron chi connectivity index (χ2n) is 4.52. The Bertz CT molecular complexity index is 349. The highest BCUT2D eigenvalue weighted by molar-refractivity contribution is 5.88. The van der Waals surface area contributed by atoms with Gasteiger partial charge in [-0.25, -0.2) is 19.4 Å². The molecule has 0 unspecified atom stereocenters. The fourth-order valence-corrected chi connectivity index (χ4v) is 2.03. The number of carbonyl (C=O) groups excluding carboxylic acids is 2. The van der Waals surface area contributed by atoms with Crippen LogP contribution < -0.4 is 0 Å². The second-order valence-corrected chi connectivity index (χ2v) is 4.52. The summed E-state index contributed by atoms with van der Waals surface area (Å²) in [6.07, 6.45) is 10.5. The van der Waals surface area contributed by atoms with E-state index in [1.54, 1.807) is 13.8 Å². The highest BCUT2D eigenvalue weighted by Gasteiger charge is 2.15. The molecule has 0 bridgehead atoms. The van der Waals surface area contributed by atoms with Crippen LogP contribution in [0, 0.1) is 5.92 Å². The second kappa shape index (κ2) is 7.69. The summed E-state index contributed by atoms with van der Waals surface area (Å²) < 4.78 is 0. The first-order valence-electron chi connectivity index (χ1n) is 6.37. The van der Waals surface area contributed by atoms with Gasteiger partial charge in [-0.1, -0.05) is 31.4 Å². The van der Waals surface area contributed by atoms with Crippen LogP contribution in [0.2, 0.25) is 0 Å². The molecule has 18 heavy (non-hydrogen) atoms. The third-order valence-corrected chi connectivity index (χ3v) is 2.96. The maximum Gasteiger partial charge on any atom is 0.381 e. The van der Waals surface area contributed by atoms with Gasteiger partial charge in [0.15, 0.2) is 0 Å². The smallest absolute Gasteiger partial charge is 0.242 e. The number of hydrogen-bond donors (Lipinski definition) is 0. The van der Waals surface area contributed by atoms with Crippen molar-refractivity contribution >= 4 is 11.9 Å². The molecule has 0 aliphatic heterocycles. The molecular weight excluding hydrogens is 232 g/mol. The molecule has 4 nitrogen and oxygen atoms in total. The van der Waals surface area contributed by atoms with Gasteiger partial charge in [-0.15, -0.1) is 0 Å². The lowest BCUT2D eigenvalue weighted by Crippen LogP contribution is -2.12. The molecule has 0 aromatic heterocycles. The predicted octanol–water partition coefficient (Wildman–Crippen LogP) is 3.09. The highest BCUT2D eigenvalue weighted by atomic mass is 17.2. The van der Waals surface area contributed by atoms with Crippen molar-refractivity contribution in [2.45, 2.75) is 46.0 Å². The molecule has 1 rings (SSSR count). The van der Waals surface area contributed by atoms with Crippen molar-refractivity contribution in [2.75, 3.05) is 0 Å². The summed E-state index contributed by atoms with van der Waals surface area (Å²) in [5.41, 5.74) is 0.496. The fourth-order valence-electron chi connectivity index (χ4n) is 2.03. The van der Waals surface area contributed by atoms with Crippen LogP contribution in [0.3, 0.4) is 0 Å². The molecule has 0 spiro atoms. The Morgan fingerprint density at radius 3 is 2.39 bits per heavy atom. The molecule has 0 heterocycles. The number of hydrogen-bond acceptors (Lipinski definition) is 4. The van der Waals surface area contributed by atoms with Crippen LogP contribution >= 0.6 is 0 Å². The summed E-state index contributed by atoms with van der Waals surface area (Å²) in [6.45, 7) is 3.36. The van der Waals surface area contributed by atoms with E-state index in [0.717, 1.165) is 12.8 Å². The Morgan fingerprint density at radius 2 is 1.78 bits per heavy atom. The van der Waals surface area contributed by atoms with Crippen molar-refractivity contribution in [1.29, 1.82) is 0 Å². The first-order chi connectivity index (χ1) is 8.63. The van der Waals surface area contributed by atoms with Gasteiger partial charge >= 0.3 is 11.9 Å². The van der Waals surface area contributed by atoms with E-state index in [0.29, 0.717) is 11.5 Å². The maximum atomic E-state index is 11.5. The topological polar surface area (TPSA) is 52.6 Å². The Labute approximate surface area is 108 Å². The summed E-state index contributed by atoms with van der Waals surface area (Å²) in [7, 11) is 0. The van der Waals surface area contributed by atoms with Crippen molar-refractivity contribution in [3.05, 3.63) is 23.8 Å². The van der Waals surface area contributed by atoms with Crippen LogP contribution in [-0.2, 0) is 19.4 Å². The normalized spacial score (nSPS) is 17.8. The Kier molecular flexibility index (Phi) is 6.19. The standard InChI is InChI=1S/C14H20O4/c1-3-7-13(15)17-18-14(16)11(2)10-12-8-5-4-6-9-12/h3,7,10,12H,4-6,8-9H2,1-2H3/b7-3+,11-10+. The lowest BCUT2D eigenvalue weighted by molar-refractivity contribution is -0.251. The van der Waals surface area contributed by atoms with Crippen LogP contribution in [0.25, 0.3) is 0 Å². The first kappa shape index (κ1) is 14.5. The molecule has 0 amide bonds. The quantitative estimate of drug-likeness (QED) is 0.440. The Morgan fingerprint density at radius 1 is 1.11 bits per heavy atom. The summed E-state index contributed by atoms with van der Waals surface area (Å²) in [6, 6.07) is 0. The van der Waals surface area contributed by atoms with Gasteiger partial charge < -0.3 is 0 Å². The zero-order chi connectivity index (χ0) is 13.4. The zero-order valence-electron chi connectivity index (χ0n) is 11.0. The molecule has 1 aliphatic rings. The molecule has 0 aromatic rings. The average molecular weight is 252 g/mol. The van der Waals surface area contributed by atoms with Gasteiger partial charge in [0.2, 0.25) is 0 Å². The number of allylic oxidation sites excluding steroid dienone is 2. The van der Waals surface area contributed by atoms with Crippen LogP contribution in [0.15, 0.2) is 23.8 Å². The minimum absolute atomic E-state index is 0.442. The van der Waals surface area contributed by atoms with E-state index in [-0.39, 0.29) is 0 Å². The molecule has 1 aliphatic carbocycles. The summed E-state index contributed by atoms with van der Waals surface area (Å²) in [5, 5.41) is 0. The fraction of sp³-hybridized carbons (Fsp3) is 0.571. The van der Waals surface area contributed by atoms with E-state index in [2.05, 4.69) is 9.78 Å². The Balaban J connectivity index is 2.40. The first-order valence-corrected chi connectivity index (χ1v) is 6.37. The van der Waals surface area contributed by atoms with Crippen molar-refractivity contribution < 1.29 is 19.4 Å². The SMILES string of the molecule is C/C=C/C(=O)OOC(=O)/C(C)=C/C1CCCCC1. The monoisotopic (exact) mass is 252 g/mol. The molecule has 0 radical (unpaired) electrons. The molecule has 0 aromatic carbocycles. The number of carbonyl (C=O) groups is 2. The van der Waals surface area contributed by atoms with Gasteiger partial charge in [0.25, 0.3) is 0 Å². The maximum absolute atomic E-state index is 11.5. The molecule has 0 atom stereocenters. The van der Waals surface area contributed by atoms with E-state index in [1.807, 2.05) is 6.08 Å². The van der Waals surface area contributed by atoms with Gasteiger partial charge in [0, 0.05) is 11.6 Å². The molecule has 0 saturated heterocycles. The molecule has 4 heteroatoms. The minimum Gasteiger partial charge on any atom is -0.242 e. The highest BCUT2D eigenvalue weighted by Crippen LogP contribution is 2.25. The van der Waals surface area contributed by atoms with Gasteiger partial charge in [-0.2, -0.15) is 0 Å². The van der Waals surface area contributed by atoms with Gasteiger partial charge in [-0.05, 0) is 32.6 Å². The summed E-state index contributed by atoms with van der Waals surface area (Å²) >= 11 is 0. The van der Waals surface area contributed by atoms with E-state index in [4.69, 9.17) is 0 Å². The zero-order valence-corrected chi connectivity index (χ0v) is 11.0. The summed E-state index contributed by atoms with van der Waals surface area (Å²) in [4.78, 5) is 31.3. The van der Waals surface area contributed by atoms with E-state index >= 15 is 0 Å². The van der Waals surface area contributed by atoms with Gasteiger partial charge in [-0.3, -0.25) is 0 Å². The van der Waals surface area contributed by atoms with Crippen LogP contribution in [0.5, 0.6) is 0 Å². The van der Waals surface area contributed by atoms with E-state index < -0.39 is 11.9 Å².